The summed E-state index contributed by atoms with van der Waals surface area (Å²) in [6.45, 7) is 7.36. The normalized spacial score (nSPS) is 12.8. The van der Waals surface area contributed by atoms with Gasteiger partial charge >= 0.3 is 0 Å². The summed E-state index contributed by atoms with van der Waals surface area (Å²) in [5.74, 6) is -0.337. The number of hydrogen-bond donors (Lipinski definition) is 3. The topological polar surface area (TPSA) is 105 Å². The van der Waals surface area contributed by atoms with Gasteiger partial charge in [0.05, 0.1) is 22.9 Å². The van der Waals surface area contributed by atoms with Gasteiger partial charge in [0.1, 0.15) is 17.5 Å². The van der Waals surface area contributed by atoms with E-state index in [0.717, 1.165) is 28.0 Å². The molecule has 0 radical (unpaired) electrons. The largest absolute Gasteiger partial charge is 0.489 e. The second kappa shape index (κ2) is 12.3. The van der Waals surface area contributed by atoms with E-state index in [9.17, 15) is 14.7 Å². The number of imidazole rings is 1. The highest BCUT2D eigenvalue weighted by molar-refractivity contribution is 6.32. The van der Waals surface area contributed by atoms with Crippen molar-refractivity contribution in [3.8, 4) is 17.0 Å². The number of hydrogen-bond acceptors (Lipinski definition) is 5. The van der Waals surface area contributed by atoms with Crippen LogP contribution in [0.5, 0.6) is 5.75 Å². The zero-order valence-electron chi connectivity index (χ0n) is 22.4. The number of aryl methyl sites for hydroxylation is 1. The molecule has 0 fully saturated rings. The van der Waals surface area contributed by atoms with Crippen LogP contribution in [0.25, 0.3) is 16.9 Å². The highest BCUT2D eigenvalue weighted by atomic mass is 35.5. The fourth-order valence-corrected chi connectivity index (χ4v) is 4.42. The zero-order valence-corrected chi connectivity index (χ0v) is 23.2. The van der Waals surface area contributed by atoms with Crippen LogP contribution in [0, 0.1) is 6.92 Å². The fourth-order valence-electron chi connectivity index (χ4n) is 4.19. The minimum absolute atomic E-state index is 0.0488. The Morgan fingerprint density at radius 2 is 1.85 bits per heavy atom. The number of carbonyl (C=O) groups is 2. The summed E-state index contributed by atoms with van der Waals surface area (Å²) in [7, 11) is 0. The molecule has 0 aliphatic rings. The third-order valence-electron chi connectivity index (χ3n) is 6.20. The number of carbonyl (C=O) groups excluding carboxylic acids is 2. The SMILES string of the molecule is Cc1cccn2cc(-c3ccc(C[C@@H](CNC(=O)[C@H](C)O)NC(=O)c4ccc(OC(C)C)c(Cl)c4)cc3)nc12. The lowest BCUT2D eigenvalue weighted by atomic mass is 10.0. The van der Waals surface area contributed by atoms with Crippen LogP contribution in [0.3, 0.4) is 0 Å². The van der Waals surface area contributed by atoms with Crippen LogP contribution in [0.4, 0.5) is 0 Å². The lowest BCUT2D eigenvalue weighted by Crippen LogP contribution is -2.46. The van der Waals surface area contributed by atoms with E-state index in [1.807, 2.05) is 74.0 Å². The molecule has 0 aliphatic carbocycles. The molecule has 4 aromatic rings. The first-order valence-electron chi connectivity index (χ1n) is 12.9. The monoisotopic (exact) mass is 548 g/mol. The minimum atomic E-state index is -1.15. The van der Waals surface area contributed by atoms with Gasteiger partial charge in [-0.05, 0) is 69.5 Å². The number of nitrogens with zero attached hydrogens (tertiary/aromatic N) is 2. The Morgan fingerprint density at radius 3 is 2.49 bits per heavy atom. The number of aliphatic hydroxyl groups is 1. The summed E-state index contributed by atoms with van der Waals surface area (Å²) >= 11 is 6.32. The molecule has 0 bridgehead atoms. The van der Waals surface area contributed by atoms with Gasteiger partial charge in [0.15, 0.2) is 0 Å². The molecule has 2 aromatic carbocycles. The average Bonchev–Trinajstić information content (AvgIpc) is 3.34. The van der Waals surface area contributed by atoms with Crippen molar-refractivity contribution in [3.63, 3.8) is 0 Å². The van der Waals surface area contributed by atoms with E-state index in [-0.39, 0.29) is 18.6 Å². The quantitative estimate of drug-likeness (QED) is 0.269. The van der Waals surface area contributed by atoms with Gasteiger partial charge in [0.2, 0.25) is 5.91 Å². The van der Waals surface area contributed by atoms with Gasteiger partial charge in [0, 0.05) is 30.1 Å². The number of nitrogens with one attached hydrogen (secondary N) is 2. The Morgan fingerprint density at radius 1 is 1.10 bits per heavy atom. The second-order valence-corrected chi connectivity index (χ2v) is 10.3. The summed E-state index contributed by atoms with van der Waals surface area (Å²) in [4.78, 5) is 29.8. The fraction of sp³-hybridized carbons (Fsp3) is 0.300. The lowest BCUT2D eigenvalue weighted by Gasteiger charge is -2.21. The zero-order chi connectivity index (χ0) is 28.1. The van der Waals surface area contributed by atoms with E-state index in [4.69, 9.17) is 21.3 Å². The summed E-state index contributed by atoms with van der Waals surface area (Å²) < 4.78 is 7.65. The molecule has 204 valence electrons. The molecule has 0 aliphatic heterocycles. The minimum Gasteiger partial charge on any atom is -0.489 e. The molecular formula is C30H33ClN4O4. The van der Waals surface area contributed by atoms with Crippen LogP contribution in [0.15, 0.2) is 67.0 Å². The summed E-state index contributed by atoms with van der Waals surface area (Å²) in [5, 5.41) is 15.6. The van der Waals surface area contributed by atoms with Crippen molar-refractivity contribution in [2.45, 2.75) is 52.4 Å². The molecule has 2 atom stereocenters. The molecule has 4 rings (SSSR count). The van der Waals surface area contributed by atoms with E-state index in [0.29, 0.717) is 22.8 Å². The maximum atomic E-state index is 13.1. The molecule has 8 nitrogen and oxygen atoms in total. The number of fused-ring (bicyclic) bond motifs is 1. The number of pyridine rings is 1. The van der Waals surface area contributed by atoms with E-state index in [1.165, 1.54) is 6.92 Å². The van der Waals surface area contributed by atoms with E-state index < -0.39 is 18.1 Å². The summed E-state index contributed by atoms with van der Waals surface area (Å²) in [6, 6.07) is 16.4. The van der Waals surface area contributed by atoms with Crippen LogP contribution in [-0.2, 0) is 11.2 Å². The number of rotatable bonds is 10. The molecule has 0 spiro atoms. The van der Waals surface area contributed by atoms with E-state index in [1.54, 1.807) is 18.2 Å². The molecule has 2 aromatic heterocycles. The van der Waals surface area contributed by atoms with Gasteiger partial charge < -0.3 is 24.9 Å². The average molecular weight is 549 g/mol. The molecule has 3 N–H and O–H groups in total. The summed E-state index contributed by atoms with van der Waals surface area (Å²) in [6.07, 6.45) is 3.22. The number of halogens is 1. The Kier molecular flexibility index (Phi) is 8.89. The molecule has 2 amide bonds. The van der Waals surface area contributed by atoms with Gasteiger partial charge in [-0.3, -0.25) is 9.59 Å². The maximum absolute atomic E-state index is 13.1. The Balaban J connectivity index is 1.49. The molecule has 0 saturated heterocycles. The number of benzene rings is 2. The maximum Gasteiger partial charge on any atom is 0.251 e. The first-order valence-corrected chi connectivity index (χ1v) is 13.2. The smallest absolute Gasteiger partial charge is 0.251 e. The molecule has 0 unspecified atom stereocenters. The van der Waals surface area contributed by atoms with Crippen molar-refractivity contribution in [3.05, 3.63) is 88.7 Å². The van der Waals surface area contributed by atoms with Crippen LogP contribution in [-0.4, -0.2) is 51.1 Å². The van der Waals surface area contributed by atoms with Crippen LogP contribution in [0.1, 0.15) is 42.3 Å². The standard InChI is InChI=1S/C30H33ClN4O4/c1-18(2)39-27-12-11-23(15-25(27)31)30(38)33-24(16-32-29(37)20(4)36)14-21-7-9-22(10-8-21)26-17-35-13-5-6-19(3)28(35)34-26/h5-13,15,17-18,20,24,36H,14,16H2,1-4H3,(H,32,37)(H,33,38)/t20-,24-/m0/s1. The van der Waals surface area contributed by atoms with Gasteiger partial charge in [-0.2, -0.15) is 0 Å². The molecular weight excluding hydrogens is 516 g/mol. The van der Waals surface area contributed by atoms with Crippen LogP contribution >= 0.6 is 11.6 Å². The number of ether oxygens (including phenoxy) is 1. The van der Waals surface area contributed by atoms with Gasteiger partial charge in [-0.15, -0.1) is 0 Å². The Labute approximate surface area is 233 Å². The lowest BCUT2D eigenvalue weighted by molar-refractivity contribution is -0.128. The van der Waals surface area contributed by atoms with Crippen LogP contribution in [0.2, 0.25) is 5.02 Å². The third-order valence-corrected chi connectivity index (χ3v) is 6.50. The molecule has 2 heterocycles. The first kappa shape index (κ1) is 28.1. The molecule has 0 saturated carbocycles. The van der Waals surface area contributed by atoms with Gasteiger partial charge in [-0.25, -0.2) is 4.98 Å². The van der Waals surface area contributed by atoms with Crippen LogP contribution < -0.4 is 15.4 Å². The number of aliphatic hydroxyl groups excluding tert-OH is 1. The highest BCUT2D eigenvalue weighted by Gasteiger charge is 2.19. The highest BCUT2D eigenvalue weighted by Crippen LogP contribution is 2.26. The van der Waals surface area contributed by atoms with Crippen molar-refractivity contribution in [2.24, 2.45) is 0 Å². The summed E-state index contributed by atoms with van der Waals surface area (Å²) in [5.41, 5.74) is 5.20. The third kappa shape index (κ3) is 7.16. The predicted octanol–water partition coefficient (Wildman–Crippen LogP) is 4.59. The van der Waals surface area contributed by atoms with Crippen molar-refractivity contribution in [2.75, 3.05) is 6.54 Å². The van der Waals surface area contributed by atoms with Crippen molar-refractivity contribution in [1.29, 1.82) is 0 Å². The van der Waals surface area contributed by atoms with E-state index in [2.05, 4.69) is 10.6 Å². The van der Waals surface area contributed by atoms with Gasteiger partial charge in [-0.1, -0.05) is 41.9 Å². The number of amides is 2. The van der Waals surface area contributed by atoms with Crippen molar-refractivity contribution >= 4 is 29.1 Å². The van der Waals surface area contributed by atoms with E-state index >= 15 is 0 Å². The second-order valence-electron chi connectivity index (χ2n) is 9.85. The Bertz CT molecular complexity index is 1460. The molecule has 9 heteroatoms. The van der Waals surface area contributed by atoms with Crippen molar-refractivity contribution < 1.29 is 19.4 Å². The molecule has 39 heavy (non-hydrogen) atoms. The first-order chi connectivity index (χ1) is 18.6. The Hall–Kier alpha value is -3.88. The van der Waals surface area contributed by atoms with Gasteiger partial charge in [0.25, 0.3) is 5.91 Å². The number of aromatic nitrogens is 2. The predicted molar refractivity (Wildman–Crippen MR) is 152 cm³/mol. The van der Waals surface area contributed by atoms with Crippen molar-refractivity contribution in [1.82, 2.24) is 20.0 Å².